The lowest BCUT2D eigenvalue weighted by Gasteiger charge is -2.49. The second-order valence-electron chi connectivity index (χ2n) is 9.69. The third-order valence-electron chi connectivity index (χ3n) is 6.81. The van der Waals surface area contributed by atoms with E-state index in [4.69, 9.17) is 21.1 Å². The minimum Gasteiger partial charge on any atom is -0.495 e. The van der Waals surface area contributed by atoms with Crippen molar-refractivity contribution in [3.63, 3.8) is 0 Å². The first-order chi connectivity index (χ1) is 17.9. The van der Waals surface area contributed by atoms with Crippen LogP contribution in [0.25, 0.3) is 6.08 Å². The van der Waals surface area contributed by atoms with Crippen molar-refractivity contribution < 1.29 is 23.5 Å². The first kappa shape index (κ1) is 25.5. The third kappa shape index (κ3) is 6.23. The second-order valence-corrected chi connectivity index (χ2v) is 10.1. The molecule has 1 aliphatic carbocycles. The quantitative estimate of drug-likeness (QED) is 0.533. The SMILES string of the molecule is COc1cc(/C=C/C(=O)N2C3COCC2CN(Cc2ccc(F)cc2)C3)c(NC(=O)NC2CC2)cc1Cl. The molecule has 2 heterocycles. The van der Waals surface area contributed by atoms with E-state index < -0.39 is 0 Å². The van der Waals surface area contributed by atoms with Crippen LogP contribution in [0.2, 0.25) is 5.02 Å². The van der Waals surface area contributed by atoms with E-state index in [1.807, 2.05) is 4.90 Å². The summed E-state index contributed by atoms with van der Waals surface area (Å²) in [6.07, 6.45) is 5.14. The lowest BCUT2D eigenvalue weighted by atomic mass is 10.0. The van der Waals surface area contributed by atoms with Crippen molar-refractivity contribution in [2.75, 3.05) is 38.7 Å². The second kappa shape index (κ2) is 11.1. The van der Waals surface area contributed by atoms with E-state index >= 15 is 0 Å². The van der Waals surface area contributed by atoms with E-state index in [2.05, 4.69) is 15.5 Å². The maximum absolute atomic E-state index is 13.4. The molecule has 3 fully saturated rings. The van der Waals surface area contributed by atoms with Gasteiger partial charge in [0.05, 0.1) is 43.1 Å². The van der Waals surface area contributed by atoms with E-state index in [0.29, 0.717) is 54.9 Å². The number of fused-ring (bicyclic) bond motifs is 2. The highest BCUT2D eigenvalue weighted by molar-refractivity contribution is 6.32. The van der Waals surface area contributed by atoms with Gasteiger partial charge in [-0.3, -0.25) is 9.69 Å². The Labute approximate surface area is 220 Å². The van der Waals surface area contributed by atoms with Gasteiger partial charge in [-0.05, 0) is 48.7 Å². The van der Waals surface area contributed by atoms with Crippen LogP contribution in [0.15, 0.2) is 42.5 Å². The number of amides is 3. The maximum atomic E-state index is 13.4. The van der Waals surface area contributed by atoms with Gasteiger partial charge in [0, 0.05) is 37.3 Å². The minimum atomic E-state index is -0.311. The normalized spacial score (nSPS) is 21.6. The van der Waals surface area contributed by atoms with Crippen molar-refractivity contribution in [1.29, 1.82) is 0 Å². The molecule has 0 radical (unpaired) electrons. The molecule has 37 heavy (non-hydrogen) atoms. The monoisotopic (exact) mass is 528 g/mol. The average Bonchev–Trinajstić information content (AvgIpc) is 3.68. The number of halogens is 2. The Morgan fingerprint density at radius 3 is 2.51 bits per heavy atom. The van der Waals surface area contributed by atoms with Crippen LogP contribution < -0.4 is 15.4 Å². The fourth-order valence-electron chi connectivity index (χ4n) is 4.88. The molecule has 3 aliphatic rings. The number of nitrogens with one attached hydrogen (secondary N) is 2. The molecule has 0 spiro atoms. The van der Waals surface area contributed by atoms with Gasteiger partial charge in [-0.15, -0.1) is 0 Å². The van der Waals surface area contributed by atoms with Gasteiger partial charge < -0.3 is 25.0 Å². The number of ether oxygens (including phenoxy) is 2. The van der Waals surface area contributed by atoms with E-state index in [-0.39, 0.29) is 35.9 Å². The molecule has 2 bridgehead atoms. The van der Waals surface area contributed by atoms with Gasteiger partial charge in [-0.1, -0.05) is 23.7 Å². The lowest BCUT2D eigenvalue weighted by Crippen LogP contribution is -2.65. The van der Waals surface area contributed by atoms with E-state index in [9.17, 15) is 14.0 Å². The molecule has 3 amide bonds. The highest BCUT2D eigenvalue weighted by Gasteiger charge is 2.40. The predicted molar refractivity (Wildman–Crippen MR) is 139 cm³/mol. The number of hydrogen-bond acceptors (Lipinski definition) is 5. The molecule has 2 N–H and O–H groups in total. The molecule has 2 aromatic carbocycles. The van der Waals surface area contributed by atoms with E-state index in [0.717, 1.165) is 18.4 Å². The van der Waals surface area contributed by atoms with Crippen LogP contribution in [-0.2, 0) is 16.1 Å². The fraction of sp³-hybridized carbons (Fsp3) is 0.407. The standard InChI is InChI=1S/C27H30ClFN4O4/c1-36-25-10-18(24(11-23(25)28)31-27(35)30-20-7-8-20)4-9-26(34)33-21-13-32(14-22(33)16-37-15-21)12-17-2-5-19(29)6-3-17/h2-6,9-11,20-22H,7-8,12-16H2,1H3,(H2,30,31,35)/b9-4+. The summed E-state index contributed by atoms with van der Waals surface area (Å²) in [5, 5.41) is 6.08. The van der Waals surface area contributed by atoms with Gasteiger partial charge in [0.2, 0.25) is 5.91 Å². The van der Waals surface area contributed by atoms with Crippen LogP contribution in [0.4, 0.5) is 14.9 Å². The molecule has 2 unspecified atom stereocenters. The van der Waals surface area contributed by atoms with Crippen molar-refractivity contribution in [3.8, 4) is 5.75 Å². The first-order valence-corrected chi connectivity index (χ1v) is 12.8. The van der Waals surface area contributed by atoms with E-state index in [1.165, 1.54) is 25.3 Å². The van der Waals surface area contributed by atoms with Crippen molar-refractivity contribution >= 4 is 35.3 Å². The highest BCUT2D eigenvalue weighted by atomic mass is 35.5. The van der Waals surface area contributed by atoms with Crippen LogP contribution in [0.1, 0.15) is 24.0 Å². The first-order valence-electron chi connectivity index (χ1n) is 12.4. The van der Waals surface area contributed by atoms with Gasteiger partial charge in [0.1, 0.15) is 11.6 Å². The van der Waals surface area contributed by atoms with Crippen LogP contribution >= 0.6 is 11.6 Å². The minimum absolute atomic E-state index is 0.0910. The highest BCUT2D eigenvalue weighted by Crippen LogP contribution is 2.32. The number of nitrogens with zero attached hydrogens (tertiary/aromatic N) is 2. The number of piperazine rings is 1. The Bertz CT molecular complexity index is 1170. The van der Waals surface area contributed by atoms with Gasteiger partial charge >= 0.3 is 6.03 Å². The van der Waals surface area contributed by atoms with Crippen molar-refractivity contribution in [3.05, 3.63) is 64.4 Å². The number of carbonyl (C=O) groups excluding carboxylic acids is 2. The number of rotatable bonds is 7. The molecule has 5 rings (SSSR count). The van der Waals surface area contributed by atoms with Gasteiger partial charge in [-0.25, -0.2) is 9.18 Å². The number of methoxy groups -OCH3 is 1. The lowest BCUT2D eigenvalue weighted by molar-refractivity contribution is -0.150. The number of urea groups is 1. The van der Waals surface area contributed by atoms with Gasteiger partial charge in [-0.2, -0.15) is 0 Å². The number of hydrogen-bond donors (Lipinski definition) is 2. The van der Waals surface area contributed by atoms with Crippen LogP contribution in [-0.4, -0.2) is 73.3 Å². The summed E-state index contributed by atoms with van der Waals surface area (Å²) >= 11 is 6.30. The number of benzene rings is 2. The zero-order chi connectivity index (χ0) is 25.9. The van der Waals surface area contributed by atoms with Gasteiger partial charge in [0.25, 0.3) is 0 Å². The zero-order valence-corrected chi connectivity index (χ0v) is 21.3. The average molecular weight is 529 g/mol. The summed E-state index contributed by atoms with van der Waals surface area (Å²) < 4.78 is 24.4. The Morgan fingerprint density at radius 1 is 1.16 bits per heavy atom. The number of carbonyl (C=O) groups is 2. The molecule has 2 aromatic rings. The Kier molecular flexibility index (Phi) is 7.64. The maximum Gasteiger partial charge on any atom is 0.319 e. The Balaban J connectivity index is 1.29. The molecular formula is C27H30ClFN4O4. The smallest absolute Gasteiger partial charge is 0.319 e. The molecule has 10 heteroatoms. The van der Waals surface area contributed by atoms with Crippen LogP contribution in [0.5, 0.6) is 5.75 Å². The largest absolute Gasteiger partial charge is 0.495 e. The van der Waals surface area contributed by atoms with Crippen molar-refractivity contribution in [2.24, 2.45) is 0 Å². The van der Waals surface area contributed by atoms with Crippen molar-refractivity contribution in [2.45, 2.75) is 37.5 Å². The molecule has 2 atom stereocenters. The summed E-state index contributed by atoms with van der Waals surface area (Å²) in [5.41, 5.74) is 2.13. The molecular weight excluding hydrogens is 499 g/mol. The summed E-state index contributed by atoms with van der Waals surface area (Å²) in [7, 11) is 1.51. The van der Waals surface area contributed by atoms with E-state index in [1.54, 1.807) is 30.3 Å². The van der Waals surface area contributed by atoms with Crippen LogP contribution in [0.3, 0.4) is 0 Å². The molecule has 2 aliphatic heterocycles. The van der Waals surface area contributed by atoms with Gasteiger partial charge in [0.15, 0.2) is 0 Å². The Hall–Kier alpha value is -3.14. The third-order valence-corrected chi connectivity index (χ3v) is 7.10. The summed E-state index contributed by atoms with van der Waals surface area (Å²) in [6.45, 7) is 2.93. The number of anilines is 1. The summed E-state index contributed by atoms with van der Waals surface area (Å²) in [4.78, 5) is 29.9. The van der Waals surface area contributed by atoms with Crippen molar-refractivity contribution in [1.82, 2.24) is 15.1 Å². The topological polar surface area (TPSA) is 83.1 Å². The molecule has 0 aromatic heterocycles. The molecule has 2 saturated heterocycles. The zero-order valence-electron chi connectivity index (χ0n) is 20.6. The molecule has 1 saturated carbocycles. The molecule has 196 valence electrons. The summed E-state index contributed by atoms with van der Waals surface area (Å²) in [6, 6.07) is 9.54. The molecule has 8 nitrogen and oxygen atoms in total. The fourth-order valence-corrected chi connectivity index (χ4v) is 5.12. The summed E-state index contributed by atoms with van der Waals surface area (Å²) in [5.74, 6) is 0.0695. The predicted octanol–water partition coefficient (Wildman–Crippen LogP) is 3.90. The number of morpholine rings is 1. The van der Waals surface area contributed by atoms with Crippen LogP contribution in [0, 0.1) is 5.82 Å². The Morgan fingerprint density at radius 2 is 1.86 bits per heavy atom.